The summed E-state index contributed by atoms with van der Waals surface area (Å²) >= 11 is 0. The highest BCUT2D eigenvalue weighted by atomic mass is 19.1. The Balaban J connectivity index is 1.76. The second-order valence-corrected chi connectivity index (χ2v) is 7.00. The summed E-state index contributed by atoms with van der Waals surface area (Å²) in [7, 11) is 0. The molecule has 0 aliphatic carbocycles. The largest absolute Gasteiger partial charge is 0.508 e. The van der Waals surface area contributed by atoms with Crippen molar-refractivity contribution in [2.24, 2.45) is 0 Å². The lowest BCUT2D eigenvalue weighted by Gasteiger charge is -2.15. The van der Waals surface area contributed by atoms with Crippen LogP contribution in [0.15, 0.2) is 78.9 Å². The fraction of sp³-hybridized carbons (Fsp3) is 0.0800. The van der Waals surface area contributed by atoms with E-state index in [9.17, 15) is 14.3 Å². The summed E-state index contributed by atoms with van der Waals surface area (Å²) in [5.74, 6) is 0.0968. The molecule has 0 aromatic heterocycles. The summed E-state index contributed by atoms with van der Waals surface area (Å²) in [6.07, 6.45) is 0.508. The Morgan fingerprint density at radius 2 is 1.73 bits per heavy atom. The maximum absolute atomic E-state index is 13.8. The second-order valence-electron chi connectivity index (χ2n) is 7.00. The molecule has 0 spiro atoms. The molecule has 0 bridgehead atoms. The molecule has 0 amide bonds. The SMILES string of the molecule is O=C(O)CCc1ccc(Oc2c(-c3cccc(F)c3)ccc3cc(O)ccc23)cc1. The van der Waals surface area contributed by atoms with Crippen LogP contribution in [0.3, 0.4) is 0 Å². The number of ether oxygens (including phenoxy) is 1. The van der Waals surface area contributed by atoms with Crippen LogP contribution in [0.25, 0.3) is 21.9 Å². The fourth-order valence-corrected chi connectivity index (χ4v) is 3.38. The van der Waals surface area contributed by atoms with Crippen molar-refractivity contribution in [3.05, 3.63) is 90.2 Å². The number of aryl methyl sites for hydroxylation is 1. The third-order valence-corrected chi connectivity index (χ3v) is 4.86. The van der Waals surface area contributed by atoms with Gasteiger partial charge in [0.05, 0.1) is 0 Å². The number of rotatable bonds is 6. The Morgan fingerprint density at radius 1 is 0.933 bits per heavy atom. The molecule has 0 radical (unpaired) electrons. The van der Waals surface area contributed by atoms with E-state index in [1.165, 1.54) is 12.1 Å². The molecule has 0 saturated heterocycles. The molecular weight excluding hydrogens is 383 g/mol. The molecule has 0 aliphatic heterocycles. The van der Waals surface area contributed by atoms with Crippen LogP contribution < -0.4 is 4.74 Å². The van der Waals surface area contributed by atoms with E-state index in [-0.39, 0.29) is 18.0 Å². The number of hydrogen-bond acceptors (Lipinski definition) is 3. The maximum Gasteiger partial charge on any atom is 0.303 e. The molecule has 0 atom stereocenters. The van der Waals surface area contributed by atoms with Crippen LogP contribution in [-0.2, 0) is 11.2 Å². The van der Waals surface area contributed by atoms with Crippen LogP contribution >= 0.6 is 0 Å². The highest BCUT2D eigenvalue weighted by Gasteiger charge is 2.13. The quantitative estimate of drug-likeness (QED) is 0.405. The Morgan fingerprint density at radius 3 is 2.47 bits per heavy atom. The van der Waals surface area contributed by atoms with Gasteiger partial charge in [0.1, 0.15) is 23.1 Å². The van der Waals surface area contributed by atoms with E-state index in [1.54, 1.807) is 36.4 Å². The van der Waals surface area contributed by atoms with E-state index >= 15 is 0 Å². The molecular formula is C25H19FO4. The molecule has 0 fully saturated rings. The van der Waals surface area contributed by atoms with Gasteiger partial charge in [-0.1, -0.05) is 30.3 Å². The molecule has 0 unspecified atom stereocenters. The van der Waals surface area contributed by atoms with Crippen LogP contribution in [0, 0.1) is 5.82 Å². The Labute approximate surface area is 172 Å². The van der Waals surface area contributed by atoms with Gasteiger partial charge in [0, 0.05) is 17.4 Å². The van der Waals surface area contributed by atoms with E-state index in [2.05, 4.69) is 0 Å². The number of carboxylic acids is 1. The highest BCUT2D eigenvalue weighted by Crippen LogP contribution is 2.40. The Bertz CT molecular complexity index is 1220. The van der Waals surface area contributed by atoms with E-state index in [0.717, 1.165) is 21.9 Å². The molecule has 30 heavy (non-hydrogen) atoms. The van der Waals surface area contributed by atoms with Gasteiger partial charge in [-0.3, -0.25) is 4.79 Å². The topological polar surface area (TPSA) is 66.8 Å². The summed E-state index contributed by atoms with van der Waals surface area (Å²) in [5.41, 5.74) is 2.30. The van der Waals surface area contributed by atoms with E-state index in [4.69, 9.17) is 9.84 Å². The van der Waals surface area contributed by atoms with Crippen LogP contribution in [-0.4, -0.2) is 16.2 Å². The standard InChI is InChI=1S/C25H19FO4/c26-19-3-1-2-17(14-19)22-11-7-18-15-20(27)8-12-23(18)25(22)30-21-9-4-16(5-10-21)6-13-24(28)29/h1-5,7-12,14-15,27H,6,13H2,(H,28,29). The molecule has 2 N–H and O–H groups in total. The number of hydrogen-bond donors (Lipinski definition) is 2. The Kier molecular flexibility index (Phi) is 5.35. The van der Waals surface area contributed by atoms with Crippen molar-refractivity contribution >= 4 is 16.7 Å². The zero-order valence-corrected chi connectivity index (χ0v) is 16.0. The summed E-state index contributed by atoms with van der Waals surface area (Å²) in [6, 6.07) is 22.2. The zero-order chi connectivity index (χ0) is 21.1. The van der Waals surface area contributed by atoms with Crippen molar-refractivity contribution in [2.45, 2.75) is 12.8 Å². The van der Waals surface area contributed by atoms with Crippen molar-refractivity contribution in [3.63, 3.8) is 0 Å². The number of phenolic OH excluding ortho intramolecular Hbond substituents is 1. The van der Waals surface area contributed by atoms with Crippen molar-refractivity contribution in [3.8, 4) is 28.4 Å². The van der Waals surface area contributed by atoms with Gasteiger partial charge in [-0.05, 0) is 71.5 Å². The first-order valence-corrected chi connectivity index (χ1v) is 9.50. The molecule has 150 valence electrons. The third kappa shape index (κ3) is 4.25. The van der Waals surface area contributed by atoms with Crippen LogP contribution in [0.5, 0.6) is 17.2 Å². The summed E-state index contributed by atoms with van der Waals surface area (Å²) < 4.78 is 20.1. The first kappa shape index (κ1) is 19.5. The highest BCUT2D eigenvalue weighted by molar-refractivity contribution is 5.96. The number of phenols is 1. The average Bonchev–Trinajstić information content (AvgIpc) is 2.73. The fourth-order valence-electron chi connectivity index (χ4n) is 3.38. The number of benzene rings is 4. The maximum atomic E-state index is 13.8. The van der Waals surface area contributed by atoms with Gasteiger partial charge in [0.25, 0.3) is 0 Å². The first-order chi connectivity index (χ1) is 14.5. The van der Waals surface area contributed by atoms with Crippen LogP contribution in [0.1, 0.15) is 12.0 Å². The molecule has 0 aliphatic rings. The minimum Gasteiger partial charge on any atom is -0.508 e. The number of aliphatic carboxylic acids is 1. The molecule has 0 heterocycles. The predicted molar refractivity (Wildman–Crippen MR) is 113 cm³/mol. The van der Waals surface area contributed by atoms with E-state index < -0.39 is 5.97 Å². The minimum atomic E-state index is -0.839. The van der Waals surface area contributed by atoms with Crippen molar-refractivity contribution in [1.82, 2.24) is 0 Å². The Hall–Kier alpha value is -3.86. The number of aromatic hydroxyl groups is 1. The first-order valence-electron chi connectivity index (χ1n) is 9.50. The normalized spacial score (nSPS) is 10.8. The van der Waals surface area contributed by atoms with E-state index in [0.29, 0.717) is 23.5 Å². The molecule has 4 rings (SSSR count). The molecule has 4 aromatic carbocycles. The summed E-state index contributed by atoms with van der Waals surface area (Å²) in [4.78, 5) is 10.8. The van der Waals surface area contributed by atoms with Crippen molar-refractivity contribution < 1.29 is 24.1 Å². The predicted octanol–water partition coefficient (Wildman–Crippen LogP) is 6.16. The number of fused-ring (bicyclic) bond motifs is 1. The monoisotopic (exact) mass is 402 g/mol. The second kappa shape index (κ2) is 8.25. The van der Waals surface area contributed by atoms with Crippen LogP contribution in [0.2, 0.25) is 0 Å². The third-order valence-electron chi connectivity index (χ3n) is 4.86. The lowest BCUT2D eigenvalue weighted by Crippen LogP contribution is -1.97. The van der Waals surface area contributed by atoms with Gasteiger partial charge >= 0.3 is 5.97 Å². The van der Waals surface area contributed by atoms with E-state index in [1.807, 2.05) is 30.3 Å². The molecule has 0 saturated carbocycles. The lowest BCUT2D eigenvalue weighted by atomic mass is 9.99. The van der Waals surface area contributed by atoms with Gasteiger partial charge in [0.15, 0.2) is 0 Å². The van der Waals surface area contributed by atoms with Crippen molar-refractivity contribution in [2.75, 3.05) is 0 Å². The van der Waals surface area contributed by atoms with Crippen LogP contribution in [0.4, 0.5) is 4.39 Å². The average molecular weight is 402 g/mol. The summed E-state index contributed by atoms with van der Waals surface area (Å²) in [5, 5.41) is 20.2. The van der Waals surface area contributed by atoms with Gasteiger partial charge in [0.2, 0.25) is 0 Å². The molecule has 4 nitrogen and oxygen atoms in total. The minimum absolute atomic E-state index is 0.0662. The summed E-state index contributed by atoms with van der Waals surface area (Å²) in [6.45, 7) is 0. The number of halogens is 1. The number of carboxylic acid groups (broad SMARTS) is 1. The van der Waals surface area contributed by atoms with Gasteiger partial charge in [-0.25, -0.2) is 4.39 Å². The zero-order valence-electron chi connectivity index (χ0n) is 16.0. The van der Waals surface area contributed by atoms with Crippen molar-refractivity contribution in [1.29, 1.82) is 0 Å². The van der Waals surface area contributed by atoms with Gasteiger partial charge < -0.3 is 14.9 Å². The smallest absolute Gasteiger partial charge is 0.303 e. The molecule has 5 heteroatoms. The molecule has 4 aromatic rings. The lowest BCUT2D eigenvalue weighted by molar-refractivity contribution is -0.136. The van der Waals surface area contributed by atoms with Gasteiger partial charge in [-0.15, -0.1) is 0 Å². The van der Waals surface area contributed by atoms with Gasteiger partial charge in [-0.2, -0.15) is 0 Å². The number of carbonyl (C=O) groups is 1.